The van der Waals surface area contributed by atoms with Gasteiger partial charge in [-0.05, 0) is 80.6 Å². The van der Waals surface area contributed by atoms with Gasteiger partial charge in [-0.1, -0.05) is 73.5 Å². The summed E-state index contributed by atoms with van der Waals surface area (Å²) in [6.45, 7) is 21.1. The van der Waals surface area contributed by atoms with E-state index in [1.54, 1.807) is 13.0 Å². The molecular formula is C31H49NO3. The summed E-state index contributed by atoms with van der Waals surface area (Å²) in [5.41, 5.74) is -0.298. The van der Waals surface area contributed by atoms with E-state index in [9.17, 15) is 20.0 Å². The van der Waals surface area contributed by atoms with Crippen molar-refractivity contribution in [2.24, 2.45) is 33.5 Å². The van der Waals surface area contributed by atoms with Crippen LogP contribution in [-0.2, 0) is 9.59 Å². The van der Waals surface area contributed by atoms with Crippen LogP contribution in [0.15, 0.2) is 23.3 Å². The molecule has 0 unspecified atom stereocenters. The standard InChI is InChI=1S/C31H49NO3/c1-11-27(4,5)14-16-29(8,35)17-15-28(6,7)31(10)13-12-24-22(3)26(34)23(20-32)19-30(24,9)25(31)18-21(2)33/h18-19,22,24,35H,11-17H2,1-10H3/b25-18-/t22-,24-,29-,30-,31+/m0/s1. The Labute approximate surface area is 214 Å². The van der Waals surface area contributed by atoms with E-state index in [1.165, 1.54) is 0 Å². The van der Waals surface area contributed by atoms with Crippen LogP contribution in [0.2, 0.25) is 0 Å². The monoisotopic (exact) mass is 483 g/mol. The number of fused-ring (bicyclic) bond motifs is 1. The van der Waals surface area contributed by atoms with Crippen molar-refractivity contribution in [1.29, 1.82) is 5.26 Å². The van der Waals surface area contributed by atoms with Gasteiger partial charge < -0.3 is 5.11 Å². The Hall–Kier alpha value is -1.73. The molecule has 35 heavy (non-hydrogen) atoms. The number of nitrogens with zero attached hydrogens (tertiary/aromatic N) is 1. The summed E-state index contributed by atoms with van der Waals surface area (Å²) < 4.78 is 0. The van der Waals surface area contributed by atoms with Gasteiger partial charge in [-0.25, -0.2) is 0 Å². The molecular weight excluding hydrogens is 434 g/mol. The second-order valence-electron chi connectivity index (χ2n) is 13.6. The van der Waals surface area contributed by atoms with Crippen LogP contribution in [0, 0.1) is 44.8 Å². The number of aliphatic hydroxyl groups is 1. The average Bonchev–Trinajstić information content (AvgIpc) is 2.76. The molecule has 196 valence electrons. The van der Waals surface area contributed by atoms with Gasteiger partial charge in [-0.2, -0.15) is 5.26 Å². The number of rotatable bonds is 9. The van der Waals surface area contributed by atoms with Gasteiger partial charge >= 0.3 is 0 Å². The third-order valence-electron chi connectivity index (χ3n) is 10.2. The van der Waals surface area contributed by atoms with Gasteiger partial charge in [0.2, 0.25) is 0 Å². The molecule has 0 aromatic rings. The van der Waals surface area contributed by atoms with Gasteiger partial charge in [0.1, 0.15) is 6.07 Å². The highest BCUT2D eigenvalue weighted by Crippen LogP contribution is 2.65. The van der Waals surface area contributed by atoms with Crippen molar-refractivity contribution < 1.29 is 14.7 Å². The molecule has 0 aliphatic heterocycles. The molecule has 2 aliphatic carbocycles. The van der Waals surface area contributed by atoms with Crippen molar-refractivity contribution in [1.82, 2.24) is 0 Å². The normalized spacial score (nSPS) is 32.5. The van der Waals surface area contributed by atoms with Crippen LogP contribution in [0.4, 0.5) is 0 Å². The Morgan fingerprint density at radius 3 is 2.26 bits per heavy atom. The maximum absolute atomic E-state index is 12.8. The fourth-order valence-corrected chi connectivity index (χ4v) is 6.50. The Bertz CT molecular complexity index is 945. The third kappa shape index (κ3) is 5.82. The highest BCUT2D eigenvalue weighted by molar-refractivity contribution is 6.02. The van der Waals surface area contributed by atoms with Gasteiger partial charge in [0.15, 0.2) is 11.6 Å². The van der Waals surface area contributed by atoms with Crippen molar-refractivity contribution >= 4 is 11.6 Å². The fourth-order valence-electron chi connectivity index (χ4n) is 6.50. The lowest BCUT2D eigenvalue weighted by Crippen LogP contribution is -2.52. The molecule has 0 aromatic heterocycles. The van der Waals surface area contributed by atoms with Crippen LogP contribution in [-0.4, -0.2) is 22.3 Å². The minimum atomic E-state index is -0.745. The summed E-state index contributed by atoms with van der Waals surface area (Å²) >= 11 is 0. The zero-order valence-corrected chi connectivity index (χ0v) is 24.0. The van der Waals surface area contributed by atoms with Gasteiger partial charge in [-0.3, -0.25) is 9.59 Å². The largest absolute Gasteiger partial charge is 0.390 e. The van der Waals surface area contributed by atoms with E-state index in [4.69, 9.17) is 0 Å². The van der Waals surface area contributed by atoms with E-state index in [0.29, 0.717) is 6.42 Å². The Morgan fingerprint density at radius 1 is 1.17 bits per heavy atom. The molecule has 2 aliphatic rings. The molecule has 0 amide bonds. The lowest BCUT2D eigenvalue weighted by atomic mass is 9.44. The lowest BCUT2D eigenvalue weighted by molar-refractivity contribution is -0.123. The number of Topliss-reactive ketones (excluding diaryl/α,β-unsaturated/α-hetero) is 1. The van der Waals surface area contributed by atoms with Crippen LogP contribution >= 0.6 is 0 Å². The van der Waals surface area contributed by atoms with E-state index < -0.39 is 11.0 Å². The quantitative estimate of drug-likeness (QED) is 0.347. The topological polar surface area (TPSA) is 78.2 Å². The van der Waals surface area contributed by atoms with Crippen molar-refractivity contribution in [3.05, 3.63) is 23.3 Å². The number of hydrogen-bond donors (Lipinski definition) is 1. The first kappa shape index (κ1) is 29.5. The summed E-state index contributed by atoms with van der Waals surface area (Å²) in [5.74, 6) is -0.258. The highest BCUT2D eigenvalue weighted by Gasteiger charge is 2.58. The maximum atomic E-state index is 12.8. The van der Waals surface area contributed by atoms with E-state index in [0.717, 1.165) is 44.1 Å². The van der Waals surface area contributed by atoms with Crippen LogP contribution < -0.4 is 0 Å². The van der Waals surface area contributed by atoms with Gasteiger partial charge in [0, 0.05) is 11.3 Å². The molecule has 0 spiro atoms. The SMILES string of the molecule is CCC(C)(C)CC[C@](C)(O)CCC(C)(C)[C@]1(C)CC[C@H]2[C@H](C)C(=O)C(C#N)=C[C@]2(C)/C1=C/C(C)=O. The fraction of sp³-hybridized carbons (Fsp3) is 0.774. The molecule has 1 fully saturated rings. The van der Waals surface area contributed by atoms with Crippen LogP contribution in [0.25, 0.3) is 0 Å². The summed E-state index contributed by atoms with van der Waals surface area (Å²) in [7, 11) is 0. The number of allylic oxidation sites excluding steroid dienone is 4. The summed E-state index contributed by atoms with van der Waals surface area (Å²) in [6.07, 6.45) is 9.73. The molecule has 1 saturated carbocycles. The minimum absolute atomic E-state index is 0.00541. The highest BCUT2D eigenvalue weighted by atomic mass is 16.3. The molecule has 5 atom stereocenters. The summed E-state index contributed by atoms with van der Waals surface area (Å²) in [5, 5.41) is 20.9. The van der Waals surface area contributed by atoms with E-state index >= 15 is 0 Å². The smallest absolute Gasteiger partial charge is 0.176 e. The number of ketones is 2. The minimum Gasteiger partial charge on any atom is -0.390 e. The maximum Gasteiger partial charge on any atom is 0.176 e. The molecule has 2 rings (SSSR count). The first-order valence-corrected chi connectivity index (χ1v) is 13.5. The molecule has 0 radical (unpaired) electrons. The second kappa shape index (κ2) is 9.97. The molecule has 4 heteroatoms. The number of nitriles is 1. The van der Waals surface area contributed by atoms with Crippen LogP contribution in [0.3, 0.4) is 0 Å². The number of carbonyl (C=O) groups excluding carboxylic acids is 2. The summed E-state index contributed by atoms with van der Waals surface area (Å²) in [6, 6.07) is 2.12. The van der Waals surface area contributed by atoms with Gasteiger partial charge in [-0.15, -0.1) is 0 Å². The second-order valence-corrected chi connectivity index (χ2v) is 13.6. The molecule has 1 N–H and O–H groups in total. The number of carbonyl (C=O) groups is 2. The van der Waals surface area contributed by atoms with Crippen molar-refractivity contribution in [2.45, 2.75) is 120 Å². The third-order valence-corrected chi connectivity index (χ3v) is 10.2. The first-order chi connectivity index (χ1) is 15.9. The Balaban J connectivity index is 2.44. The van der Waals surface area contributed by atoms with E-state index in [-0.39, 0.29) is 45.2 Å². The zero-order valence-electron chi connectivity index (χ0n) is 24.0. The first-order valence-electron chi connectivity index (χ1n) is 13.5. The molecule has 0 aromatic carbocycles. The van der Waals surface area contributed by atoms with Crippen LogP contribution in [0.5, 0.6) is 0 Å². The lowest BCUT2D eigenvalue weighted by Gasteiger charge is -2.59. The molecule has 0 bridgehead atoms. The van der Waals surface area contributed by atoms with Crippen LogP contribution in [0.1, 0.15) is 114 Å². The van der Waals surface area contributed by atoms with E-state index in [1.807, 2.05) is 19.9 Å². The van der Waals surface area contributed by atoms with Crippen molar-refractivity contribution in [2.75, 3.05) is 0 Å². The molecule has 0 saturated heterocycles. The Morgan fingerprint density at radius 2 is 1.74 bits per heavy atom. The molecule has 0 heterocycles. The zero-order chi connectivity index (χ0) is 27.0. The van der Waals surface area contributed by atoms with Gasteiger partial charge in [0.25, 0.3) is 0 Å². The average molecular weight is 484 g/mol. The summed E-state index contributed by atoms with van der Waals surface area (Å²) in [4.78, 5) is 25.3. The van der Waals surface area contributed by atoms with E-state index in [2.05, 4.69) is 54.5 Å². The van der Waals surface area contributed by atoms with Crippen molar-refractivity contribution in [3.8, 4) is 6.07 Å². The predicted octanol–water partition coefficient (Wildman–Crippen LogP) is 7.37. The van der Waals surface area contributed by atoms with Gasteiger partial charge in [0.05, 0.1) is 11.2 Å². The Kier molecular flexibility index (Phi) is 8.40. The van der Waals surface area contributed by atoms with Crippen molar-refractivity contribution in [3.63, 3.8) is 0 Å². The molecule has 4 nitrogen and oxygen atoms in total. The number of hydrogen-bond acceptors (Lipinski definition) is 4. The predicted molar refractivity (Wildman–Crippen MR) is 143 cm³/mol.